The number of rotatable bonds is 3. The van der Waals surface area contributed by atoms with E-state index in [0.29, 0.717) is 18.7 Å². The van der Waals surface area contributed by atoms with Gasteiger partial charge >= 0.3 is 6.09 Å². The zero-order valence-corrected chi connectivity index (χ0v) is 13.4. The Bertz CT molecular complexity index is 461. The summed E-state index contributed by atoms with van der Waals surface area (Å²) in [6, 6.07) is 3.16. The van der Waals surface area contributed by atoms with Crippen LogP contribution in [-0.2, 0) is 4.74 Å². The van der Waals surface area contributed by atoms with Crippen molar-refractivity contribution in [3.05, 3.63) is 18.5 Å². The molecule has 0 aromatic carbocycles. The molecule has 0 radical (unpaired) electrons. The summed E-state index contributed by atoms with van der Waals surface area (Å²) in [7, 11) is 0. The predicted molar refractivity (Wildman–Crippen MR) is 83.7 cm³/mol. The second-order valence-corrected chi connectivity index (χ2v) is 6.17. The summed E-state index contributed by atoms with van der Waals surface area (Å²) in [5.41, 5.74) is 0. The fourth-order valence-electron chi connectivity index (χ4n) is 3.64. The highest BCUT2D eigenvalue weighted by atomic mass is 16.6. The van der Waals surface area contributed by atoms with E-state index in [4.69, 9.17) is 4.74 Å². The zero-order chi connectivity index (χ0) is 15.4. The normalized spacial score (nSPS) is 22.0. The SMILES string of the molecule is CCOC(=O)N1CCC(N2CCC(n3cccn3)CC2)CC1. The van der Waals surface area contributed by atoms with Gasteiger partial charge in [0.15, 0.2) is 0 Å². The van der Waals surface area contributed by atoms with Crippen LogP contribution in [0.2, 0.25) is 0 Å². The molecule has 22 heavy (non-hydrogen) atoms. The summed E-state index contributed by atoms with van der Waals surface area (Å²) >= 11 is 0. The lowest BCUT2D eigenvalue weighted by Crippen LogP contribution is -2.49. The van der Waals surface area contributed by atoms with E-state index in [1.165, 1.54) is 12.8 Å². The minimum absolute atomic E-state index is 0.154. The summed E-state index contributed by atoms with van der Waals surface area (Å²) in [5, 5.41) is 4.36. The number of likely N-dealkylation sites (tertiary alicyclic amines) is 2. The Balaban J connectivity index is 1.44. The summed E-state index contributed by atoms with van der Waals surface area (Å²) in [6.45, 7) is 6.22. The van der Waals surface area contributed by atoms with E-state index in [0.717, 1.165) is 39.0 Å². The molecule has 6 nitrogen and oxygen atoms in total. The van der Waals surface area contributed by atoms with E-state index in [-0.39, 0.29) is 6.09 Å². The third kappa shape index (κ3) is 3.43. The predicted octanol–water partition coefficient (Wildman–Crippen LogP) is 2.14. The van der Waals surface area contributed by atoms with Crippen molar-refractivity contribution in [1.29, 1.82) is 0 Å². The molecule has 0 aliphatic carbocycles. The molecule has 0 unspecified atom stereocenters. The maximum Gasteiger partial charge on any atom is 0.409 e. The van der Waals surface area contributed by atoms with Crippen LogP contribution in [0.25, 0.3) is 0 Å². The Morgan fingerprint density at radius 2 is 1.82 bits per heavy atom. The Morgan fingerprint density at radius 1 is 1.14 bits per heavy atom. The first-order valence-electron chi connectivity index (χ1n) is 8.43. The van der Waals surface area contributed by atoms with Crippen molar-refractivity contribution in [2.45, 2.75) is 44.7 Å². The summed E-state index contributed by atoms with van der Waals surface area (Å²) in [4.78, 5) is 16.2. The quantitative estimate of drug-likeness (QED) is 0.858. The largest absolute Gasteiger partial charge is 0.450 e. The van der Waals surface area contributed by atoms with E-state index in [9.17, 15) is 4.79 Å². The molecule has 6 heteroatoms. The third-order valence-corrected chi connectivity index (χ3v) is 4.90. The van der Waals surface area contributed by atoms with Crippen LogP contribution in [0.4, 0.5) is 4.79 Å². The van der Waals surface area contributed by atoms with Gasteiger partial charge in [-0.05, 0) is 38.7 Å². The van der Waals surface area contributed by atoms with Crippen LogP contribution in [0.3, 0.4) is 0 Å². The first kappa shape index (κ1) is 15.3. The van der Waals surface area contributed by atoms with Gasteiger partial charge in [-0.25, -0.2) is 4.79 Å². The monoisotopic (exact) mass is 306 g/mol. The average molecular weight is 306 g/mol. The summed E-state index contributed by atoms with van der Waals surface area (Å²) in [5.74, 6) is 0. The molecule has 0 N–H and O–H groups in total. The highest BCUT2D eigenvalue weighted by molar-refractivity contribution is 5.67. The highest BCUT2D eigenvalue weighted by Crippen LogP contribution is 2.26. The van der Waals surface area contributed by atoms with Crippen LogP contribution in [0.1, 0.15) is 38.6 Å². The Hall–Kier alpha value is -1.56. The number of piperidine rings is 2. The molecule has 0 atom stereocenters. The van der Waals surface area contributed by atoms with Crippen molar-refractivity contribution in [3.8, 4) is 0 Å². The van der Waals surface area contributed by atoms with E-state index < -0.39 is 0 Å². The number of carbonyl (C=O) groups excluding carboxylic acids is 1. The van der Waals surface area contributed by atoms with Gasteiger partial charge in [-0.15, -0.1) is 0 Å². The molecule has 122 valence electrons. The molecule has 0 spiro atoms. The van der Waals surface area contributed by atoms with Crippen LogP contribution in [0, 0.1) is 0 Å². The van der Waals surface area contributed by atoms with Gasteiger partial charge in [-0.1, -0.05) is 0 Å². The molecule has 2 fully saturated rings. The minimum atomic E-state index is -0.154. The molecule has 3 rings (SSSR count). The maximum absolute atomic E-state index is 11.7. The van der Waals surface area contributed by atoms with Crippen molar-refractivity contribution in [3.63, 3.8) is 0 Å². The van der Waals surface area contributed by atoms with Gasteiger partial charge in [-0.3, -0.25) is 4.68 Å². The van der Waals surface area contributed by atoms with Crippen LogP contribution >= 0.6 is 0 Å². The van der Waals surface area contributed by atoms with E-state index in [2.05, 4.69) is 20.9 Å². The fraction of sp³-hybridized carbons (Fsp3) is 0.750. The minimum Gasteiger partial charge on any atom is -0.450 e. The lowest BCUT2D eigenvalue weighted by atomic mass is 9.98. The molecule has 2 aliphatic rings. The van der Waals surface area contributed by atoms with Crippen molar-refractivity contribution < 1.29 is 9.53 Å². The number of nitrogens with zero attached hydrogens (tertiary/aromatic N) is 4. The molecular formula is C16H26N4O2. The molecule has 1 aromatic rings. The van der Waals surface area contributed by atoms with Gasteiger partial charge in [0, 0.05) is 44.6 Å². The zero-order valence-electron chi connectivity index (χ0n) is 13.4. The lowest BCUT2D eigenvalue weighted by Gasteiger charge is -2.41. The van der Waals surface area contributed by atoms with Gasteiger partial charge in [0.2, 0.25) is 0 Å². The fourth-order valence-corrected chi connectivity index (χ4v) is 3.64. The second kappa shape index (κ2) is 7.13. The topological polar surface area (TPSA) is 50.6 Å². The number of hydrogen-bond acceptors (Lipinski definition) is 4. The highest BCUT2D eigenvalue weighted by Gasteiger charge is 2.30. The van der Waals surface area contributed by atoms with Crippen LogP contribution in [0.5, 0.6) is 0 Å². The Morgan fingerprint density at radius 3 is 2.41 bits per heavy atom. The van der Waals surface area contributed by atoms with Crippen molar-refractivity contribution in [1.82, 2.24) is 19.6 Å². The second-order valence-electron chi connectivity index (χ2n) is 6.17. The smallest absolute Gasteiger partial charge is 0.409 e. The van der Waals surface area contributed by atoms with Crippen LogP contribution < -0.4 is 0 Å². The maximum atomic E-state index is 11.7. The van der Waals surface area contributed by atoms with Crippen LogP contribution in [0.15, 0.2) is 18.5 Å². The van der Waals surface area contributed by atoms with Gasteiger partial charge in [0.25, 0.3) is 0 Å². The van der Waals surface area contributed by atoms with E-state index in [1.54, 1.807) is 0 Å². The summed E-state index contributed by atoms with van der Waals surface area (Å²) in [6.07, 6.45) is 8.23. The first-order chi connectivity index (χ1) is 10.8. The van der Waals surface area contributed by atoms with Gasteiger partial charge in [-0.2, -0.15) is 5.10 Å². The molecule has 0 bridgehead atoms. The molecule has 0 saturated carbocycles. The number of carbonyl (C=O) groups is 1. The Labute approximate surface area is 132 Å². The van der Waals surface area contributed by atoms with Gasteiger partial charge < -0.3 is 14.5 Å². The standard InChI is InChI=1S/C16H26N4O2/c1-2-22-16(21)19-12-4-14(5-13-19)18-10-6-15(7-11-18)20-9-3-8-17-20/h3,8-9,14-15H,2,4-7,10-13H2,1H3. The van der Waals surface area contributed by atoms with Crippen molar-refractivity contribution in [2.75, 3.05) is 32.8 Å². The molecule has 1 aromatic heterocycles. The van der Waals surface area contributed by atoms with Crippen molar-refractivity contribution >= 4 is 6.09 Å². The number of amides is 1. The summed E-state index contributed by atoms with van der Waals surface area (Å²) < 4.78 is 7.18. The molecule has 1 amide bonds. The van der Waals surface area contributed by atoms with Crippen LogP contribution in [-0.4, -0.2) is 64.5 Å². The molecular weight excluding hydrogens is 280 g/mol. The number of hydrogen-bond donors (Lipinski definition) is 0. The number of aromatic nitrogens is 2. The average Bonchev–Trinajstić information content (AvgIpc) is 3.10. The molecule has 2 saturated heterocycles. The Kier molecular flexibility index (Phi) is 4.97. The van der Waals surface area contributed by atoms with E-state index >= 15 is 0 Å². The number of ether oxygens (including phenoxy) is 1. The lowest BCUT2D eigenvalue weighted by molar-refractivity contribution is 0.0614. The van der Waals surface area contributed by atoms with Gasteiger partial charge in [0.05, 0.1) is 12.6 Å². The van der Waals surface area contributed by atoms with Crippen molar-refractivity contribution in [2.24, 2.45) is 0 Å². The first-order valence-corrected chi connectivity index (χ1v) is 8.43. The van der Waals surface area contributed by atoms with E-state index in [1.807, 2.05) is 24.1 Å². The molecule has 2 aliphatic heterocycles. The van der Waals surface area contributed by atoms with Gasteiger partial charge in [0.1, 0.15) is 0 Å². The third-order valence-electron chi connectivity index (χ3n) is 4.90. The molecule has 3 heterocycles.